The zero-order chi connectivity index (χ0) is 12.3. The summed E-state index contributed by atoms with van der Waals surface area (Å²) in [6, 6.07) is 7.65. The largest absolute Gasteiger partial charge is 0.494 e. The maximum atomic E-state index is 12.6. The summed E-state index contributed by atoms with van der Waals surface area (Å²) in [6.07, 6.45) is -0.0870. The molecule has 0 heterocycles. The molecule has 0 aromatic heterocycles. The second-order valence-electron chi connectivity index (χ2n) is 4.42. The van der Waals surface area contributed by atoms with Crippen LogP contribution < -0.4 is 10.1 Å². The minimum absolute atomic E-state index is 0.0435. The van der Waals surface area contributed by atoms with Crippen molar-refractivity contribution < 1.29 is 13.5 Å². The second-order valence-corrected chi connectivity index (χ2v) is 4.42. The second kappa shape index (κ2) is 5.00. The molecule has 94 valence electrons. The van der Waals surface area contributed by atoms with E-state index in [1.807, 2.05) is 31.2 Å². The molecular weight excluding hydrogens is 224 g/mol. The number of hydrogen-bond acceptors (Lipinski definition) is 2. The van der Waals surface area contributed by atoms with E-state index in [2.05, 4.69) is 5.32 Å². The summed E-state index contributed by atoms with van der Waals surface area (Å²) in [4.78, 5) is 0. The van der Waals surface area contributed by atoms with E-state index >= 15 is 0 Å². The highest BCUT2D eigenvalue weighted by molar-refractivity contribution is 5.28. The Morgan fingerprint density at radius 1 is 1.41 bits per heavy atom. The van der Waals surface area contributed by atoms with Crippen molar-refractivity contribution in [3.63, 3.8) is 0 Å². The van der Waals surface area contributed by atoms with Gasteiger partial charge in [0.2, 0.25) is 0 Å². The summed E-state index contributed by atoms with van der Waals surface area (Å²) in [5, 5.41) is 3.12. The summed E-state index contributed by atoms with van der Waals surface area (Å²) >= 11 is 0. The summed E-state index contributed by atoms with van der Waals surface area (Å²) in [6.45, 7) is 3.18. The molecule has 2 nitrogen and oxygen atoms in total. The number of hydrogen-bond donors (Lipinski definition) is 1. The normalized spacial score (nSPS) is 18.8. The van der Waals surface area contributed by atoms with Crippen molar-refractivity contribution in [2.75, 3.05) is 6.61 Å². The molecule has 2 rings (SSSR count). The first kappa shape index (κ1) is 12.3. The van der Waals surface area contributed by atoms with E-state index in [0.29, 0.717) is 13.2 Å². The van der Waals surface area contributed by atoms with Crippen LogP contribution in [0.2, 0.25) is 0 Å². The van der Waals surface area contributed by atoms with E-state index in [4.69, 9.17) is 4.74 Å². The molecule has 17 heavy (non-hydrogen) atoms. The van der Waals surface area contributed by atoms with Crippen LogP contribution in [0.4, 0.5) is 8.78 Å². The van der Waals surface area contributed by atoms with E-state index in [1.165, 1.54) is 0 Å². The Hall–Kier alpha value is -1.16. The number of nitrogens with one attached hydrogen (secondary N) is 1. The van der Waals surface area contributed by atoms with Gasteiger partial charge >= 0.3 is 0 Å². The third-order valence-electron chi connectivity index (χ3n) is 2.89. The molecule has 0 radical (unpaired) electrons. The number of halogens is 2. The van der Waals surface area contributed by atoms with E-state index in [0.717, 1.165) is 11.3 Å². The molecular formula is C13H17F2NO. The average Bonchev–Trinajstić information content (AvgIpc) is 2.24. The van der Waals surface area contributed by atoms with Crippen molar-refractivity contribution in [2.24, 2.45) is 0 Å². The Morgan fingerprint density at radius 2 is 2.18 bits per heavy atom. The van der Waals surface area contributed by atoms with Crippen molar-refractivity contribution in [1.82, 2.24) is 5.32 Å². The van der Waals surface area contributed by atoms with Gasteiger partial charge in [0.25, 0.3) is 5.92 Å². The molecule has 1 saturated carbocycles. The van der Waals surface area contributed by atoms with Gasteiger partial charge in [-0.2, -0.15) is 0 Å². The average molecular weight is 241 g/mol. The molecule has 4 heteroatoms. The molecule has 0 spiro atoms. The first-order valence-electron chi connectivity index (χ1n) is 5.92. The van der Waals surface area contributed by atoms with Crippen LogP contribution in [-0.4, -0.2) is 18.6 Å². The zero-order valence-corrected chi connectivity index (χ0v) is 9.88. The fourth-order valence-corrected chi connectivity index (χ4v) is 1.98. The zero-order valence-electron chi connectivity index (χ0n) is 9.88. The minimum atomic E-state index is -2.45. The lowest BCUT2D eigenvalue weighted by Crippen LogP contribution is -2.48. The summed E-state index contributed by atoms with van der Waals surface area (Å²) in [7, 11) is 0. The van der Waals surface area contributed by atoms with Crippen LogP contribution >= 0.6 is 0 Å². The van der Waals surface area contributed by atoms with Crippen molar-refractivity contribution in [3.05, 3.63) is 29.8 Å². The van der Waals surface area contributed by atoms with Gasteiger partial charge in [0, 0.05) is 25.4 Å². The van der Waals surface area contributed by atoms with Gasteiger partial charge in [-0.15, -0.1) is 0 Å². The quantitative estimate of drug-likeness (QED) is 0.855. The van der Waals surface area contributed by atoms with E-state index in [-0.39, 0.29) is 18.9 Å². The molecule has 0 bridgehead atoms. The molecule has 1 aromatic carbocycles. The number of ether oxygens (including phenoxy) is 1. The molecule has 1 fully saturated rings. The van der Waals surface area contributed by atoms with Crippen LogP contribution in [0.5, 0.6) is 5.75 Å². The first-order valence-corrected chi connectivity index (χ1v) is 5.92. The SMILES string of the molecule is CCOc1cccc(CNC2CC(F)(F)C2)c1. The molecule has 1 N–H and O–H groups in total. The molecule has 0 aliphatic heterocycles. The Kier molecular flexibility index (Phi) is 3.62. The van der Waals surface area contributed by atoms with E-state index in [9.17, 15) is 8.78 Å². The van der Waals surface area contributed by atoms with Gasteiger partial charge in [-0.1, -0.05) is 12.1 Å². The standard InChI is InChI=1S/C13H17F2NO/c1-2-17-12-5-3-4-10(6-12)9-16-11-7-13(14,15)8-11/h3-6,11,16H,2,7-9H2,1H3. The van der Waals surface area contributed by atoms with E-state index < -0.39 is 5.92 Å². The molecule has 0 saturated heterocycles. The summed E-state index contributed by atoms with van der Waals surface area (Å²) < 4.78 is 30.6. The highest BCUT2D eigenvalue weighted by Crippen LogP contribution is 2.37. The number of alkyl halides is 2. The third-order valence-corrected chi connectivity index (χ3v) is 2.89. The molecule has 1 aliphatic rings. The highest BCUT2D eigenvalue weighted by Gasteiger charge is 2.44. The predicted molar refractivity (Wildman–Crippen MR) is 62.4 cm³/mol. The van der Waals surface area contributed by atoms with Crippen LogP contribution in [0.3, 0.4) is 0 Å². The van der Waals surface area contributed by atoms with Gasteiger partial charge in [-0.25, -0.2) is 8.78 Å². The molecule has 1 aromatic rings. The van der Waals surface area contributed by atoms with Crippen molar-refractivity contribution >= 4 is 0 Å². The lowest BCUT2D eigenvalue weighted by atomic mass is 9.88. The van der Waals surface area contributed by atoms with Crippen LogP contribution in [0, 0.1) is 0 Å². The lowest BCUT2D eigenvalue weighted by molar-refractivity contribution is -0.0930. The topological polar surface area (TPSA) is 21.3 Å². The van der Waals surface area contributed by atoms with Gasteiger partial charge < -0.3 is 10.1 Å². The molecule has 0 atom stereocenters. The predicted octanol–water partition coefficient (Wildman–Crippen LogP) is 2.97. The Balaban J connectivity index is 1.81. The van der Waals surface area contributed by atoms with Crippen molar-refractivity contribution in [2.45, 2.75) is 38.3 Å². The lowest BCUT2D eigenvalue weighted by Gasteiger charge is -2.35. The van der Waals surface area contributed by atoms with Gasteiger partial charge in [-0.3, -0.25) is 0 Å². The van der Waals surface area contributed by atoms with Gasteiger partial charge in [-0.05, 0) is 24.6 Å². The van der Waals surface area contributed by atoms with Crippen LogP contribution in [0.1, 0.15) is 25.3 Å². The van der Waals surface area contributed by atoms with Gasteiger partial charge in [0.15, 0.2) is 0 Å². The summed E-state index contributed by atoms with van der Waals surface area (Å²) in [5.41, 5.74) is 1.06. The summed E-state index contributed by atoms with van der Waals surface area (Å²) in [5.74, 6) is -1.63. The Bertz CT molecular complexity index is 373. The molecule has 1 aliphatic carbocycles. The minimum Gasteiger partial charge on any atom is -0.494 e. The van der Waals surface area contributed by atoms with Gasteiger partial charge in [0.05, 0.1) is 6.61 Å². The third kappa shape index (κ3) is 3.40. The van der Waals surface area contributed by atoms with Crippen LogP contribution in [-0.2, 0) is 6.54 Å². The highest BCUT2D eigenvalue weighted by atomic mass is 19.3. The smallest absolute Gasteiger partial charge is 0.251 e. The van der Waals surface area contributed by atoms with Crippen molar-refractivity contribution in [1.29, 1.82) is 0 Å². The number of rotatable bonds is 5. The first-order chi connectivity index (χ1) is 8.09. The Morgan fingerprint density at radius 3 is 2.82 bits per heavy atom. The fraction of sp³-hybridized carbons (Fsp3) is 0.538. The van der Waals surface area contributed by atoms with Crippen molar-refractivity contribution in [3.8, 4) is 5.75 Å². The van der Waals surface area contributed by atoms with E-state index in [1.54, 1.807) is 0 Å². The van der Waals surface area contributed by atoms with Crippen LogP contribution in [0.15, 0.2) is 24.3 Å². The Labute approximate surface area is 100.0 Å². The number of benzene rings is 1. The molecule has 0 amide bonds. The monoisotopic (exact) mass is 241 g/mol. The maximum absolute atomic E-state index is 12.6. The maximum Gasteiger partial charge on any atom is 0.251 e. The van der Waals surface area contributed by atoms with Crippen LogP contribution in [0.25, 0.3) is 0 Å². The molecule has 0 unspecified atom stereocenters. The van der Waals surface area contributed by atoms with Gasteiger partial charge in [0.1, 0.15) is 5.75 Å². The fourth-order valence-electron chi connectivity index (χ4n) is 1.98.